The van der Waals surface area contributed by atoms with Crippen LogP contribution in [0.5, 0.6) is 0 Å². The lowest BCUT2D eigenvalue weighted by atomic mass is 10.3. The number of carboxylic acid groups (broad SMARTS) is 1. The van der Waals surface area contributed by atoms with Crippen LogP contribution in [-0.4, -0.2) is 25.8 Å². The Hall–Kier alpha value is -1.34. The zero-order valence-corrected chi connectivity index (χ0v) is 14.2. The number of hydrogen-bond donors (Lipinski definition) is 1. The topological polar surface area (TPSA) is 68.0 Å². The molecule has 21 heavy (non-hydrogen) atoms. The van der Waals surface area contributed by atoms with Gasteiger partial charge in [-0.25, -0.2) is 9.78 Å². The first-order chi connectivity index (χ1) is 10.1. The maximum Gasteiger partial charge on any atom is 0.354 e. The first kappa shape index (κ1) is 16.0. The SMILES string of the molecule is CCc1nn(CC)c(CSc2ccnc(C(=O)O)c2)c1Br. The van der Waals surface area contributed by atoms with E-state index in [2.05, 4.69) is 39.9 Å². The highest BCUT2D eigenvalue weighted by atomic mass is 79.9. The van der Waals surface area contributed by atoms with Gasteiger partial charge >= 0.3 is 5.97 Å². The van der Waals surface area contributed by atoms with Crippen LogP contribution in [0.15, 0.2) is 27.7 Å². The molecule has 0 unspecified atom stereocenters. The fourth-order valence-electron chi connectivity index (χ4n) is 1.92. The van der Waals surface area contributed by atoms with E-state index in [1.807, 2.05) is 10.7 Å². The fraction of sp³-hybridized carbons (Fsp3) is 0.357. The molecule has 2 rings (SSSR count). The summed E-state index contributed by atoms with van der Waals surface area (Å²) in [5, 5.41) is 13.5. The van der Waals surface area contributed by atoms with Gasteiger partial charge < -0.3 is 5.11 Å². The van der Waals surface area contributed by atoms with Crippen LogP contribution in [0.25, 0.3) is 0 Å². The van der Waals surface area contributed by atoms with E-state index in [0.29, 0.717) is 0 Å². The van der Waals surface area contributed by atoms with E-state index >= 15 is 0 Å². The van der Waals surface area contributed by atoms with Gasteiger partial charge in [-0.1, -0.05) is 6.92 Å². The van der Waals surface area contributed by atoms with Crippen LogP contribution in [0, 0.1) is 0 Å². The minimum absolute atomic E-state index is 0.0670. The number of aromatic nitrogens is 3. The molecule has 2 heterocycles. The van der Waals surface area contributed by atoms with Gasteiger partial charge in [0, 0.05) is 23.4 Å². The average Bonchev–Trinajstić information content (AvgIpc) is 2.81. The van der Waals surface area contributed by atoms with Gasteiger partial charge in [-0.2, -0.15) is 5.10 Å². The molecule has 2 aromatic rings. The Morgan fingerprint density at radius 1 is 1.48 bits per heavy atom. The number of carboxylic acids is 1. The van der Waals surface area contributed by atoms with E-state index in [1.54, 1.807) is 17.8 Å². The highest BCUT2D eigenvalue weighted by Gasteiger charge is 2.14. The maximum atomic E-state index is 10.9. The number of carbonyl (C=O) groups is 1. The van der Waals surface area contributed by atoms with Gasteiger partial charge in [0.15, 0.2) is 0 Å². The largest absolute Gasteiger partial charge is 0.477 e. The molecular weight excluding hydrogens is 354 g/mol. The average molecular weight is 370 g/mol. The normalized spacial score (nSPS) is 10.8. The Bertz CT molecular complexity index is 658. The van der Waals surface area contributed by atoms with Crippen molar-refractivity contribution in [1.82, 2.24) is 14.8 Å². The lowest BCUT2D eigenvalue weighted by Gasteiger charge is -2.06. The van der Waals surface area contributed by atoms with E-state index in [-0.39, 0.29) is 5.69 Å². The molecule has 0 spiro atoms. The molecule has 0 aromatic carbocycles. The molecule has 7 heteroatoms. The summed E-state index contributed by atoms with van der Waals surface area (Å²) in [4.78, 5) is 15.6. The zero-order valence-electron chi connectivity index (χ0n) is 11.8. The molecule has 0 aliphatic rings. The molecule has 2 aromatic heterocycles. The van der Waals surface area contributed by atoms with Crippen molar-refractivity contribution in [3.63, 3.8) is 0 Å². The second kappa shape index (κ2) is 7.09. The van der Waals surface area contributed by atoms with E-state index in [9.17, 15) is 4.79 Å². The van der Waals surface area contributed by atoms with Gasteiger partial charge in [-0.3, -0.25) is 4.68 Å². The van der Waals surface area contributed by atoms with Gasteiger partial charge in [0.2, 0.25) is 0 Å². The number of aromatic carboxylic acids is 1. The van der Waals surface area contributed by atoms with E-state index in [4.69, 9.17) is 5.11 Å². The van der Waals surface area contributed by atoms with Crippen LogP contribution in [0.3, 0.4) is 0 Å². The summed E-state index contributed by atoms with van der Waals surface area (Å²) in [5.41, 5.74) is 2.23. The van der Waals surface area contributed by atoms with Crippen molar-refractivity contribution in [2.75, 3.05) is 0 Å². The Labute approximate surface area is 135 Å². The second-order valence-electron chi connectivity index (χ2n) is 4.35. The molecule has 0 aliphatic heterocycles. The number of pyridine rings is 1. The van der Waals surface area contributed by atoms with Gasteiger partial charge in [0.05, 0.1) is 15.9 Å². The first-order valence-corrected chi connectivity index (χ1v) is 8.40. The molecule has 0 fully saturated rings. The van der Waals surface area contributed by atoms with Crippen molar-refractivity contribution in [2.45, 2.75) is 37.5 Å². The molecular formula is C14H16BrN3O2S. The standard InChI is InChI=1S/C14H16BrN3O2S/c1-3-10-13(15)12(18(4-2)17-10)8-21-9-5-6-16-11(7-9)14(19)20/h5-7H,3-4,8H2,1-2H3,(H,19,20). The third kappa shape index (κ3) is 3.65. The zero-order chi connectivity index (χ0) is 15.4. The van der Waals surface area contributed by atoms with Crippen molar-refractivity contribution < 1.29 is 9.90 Å². The molecule has 0 saturated heterocycles. The minimum Gasteiger partial charge on any atom is -0.477 e. The van der Waals surface area contributed by atoms with Crippen LogP contribution in [0.1, 0.15) is 35.7 Å². The number of hydrogen-bond acceptors (Lipinski definition) is 4. The lowest BCUT2D eigenvalue weighted by Crippen LogP contribution is -2.02. The van der Waals surface area contributed by atoms with Gasteiger partial charge in [0.25, 0.3) is 0 Å². The summed E-state index contributed by atoms with van der Waals surface area (Å²) >= 11 is 5.19. The lowest BCUT2D eigenvalue weighted by molar-refractivity contribution is 0.0690. The first-order valence-electron chi connectivity index (χ1n) is 6.63. The Morgan fingerprint density at radius 2 is 2.24 bits per heavy atom. The Balaban J connectivity index is 2.18. The minimum atomic E-state index is -1.01. The molecule has 0 aliphatic carbocycles. The third-order valence-electron chi connectivity index (χ3n) is 3.02. The van der Waals surface area contributed by atoms with Crippen LogP contribution < -0.4 is 0 Å². The molecule has 0 amide bonds. The molecule has 0 bridgehead atoms. The number of nitrogens with zero attached hydrogens (tertiary/aromatic N) is 3. The summed E-state index contributed by atoms with van der Waals surface area (Å²) in [7, 11) is 0. The summed E-state index contributed by atoms with van der Waals surface area (Å²) in [6, 6.07) is 3.41. The number of thioether (sulfide) groups is 1. The number of rotatable bonds is 6. The maximum absolute atomic E-state index is 10.9. The smallest absolute Gasteiger partial charge is 0.354 e. The Kier molecular flexibility index (Phi) is 5.41. The predicted octanol–water partition coefficient (Wildman–Crippen LogP) is 3.61. The highest BCUT2D eigenvalue weighted by molar-refractivity contribution is 9.10. The fourth-order valence-corrected chi connectivity index (χ4v) is 3.76. The molecule has 5 nitrogen and oxygen atoms in total. The molecule has 0 radical (unpaired) electrons. The Morgan fingerprint density at radius 3 is 2.86 bits per heavy atom. The van der Waals surface area contributed by atoms with Crippen molar-refractivity contribution in [1.29, 1.82) is 0 Å². The van der Waals surface area contributed by atoms with Gasteiger partial charge in [-0.15, -0.1) is 11.8 Å². The second-order valence-corrected chi connectivity index (χ2v) is 6.19. The van der Waals surface area contributed by atoms with Crippen molar-refractivity contribution >= 4 is 33.7 Å². The van der Waals surface area contributed by atoms with E-state index in [0.717, 1.165) is 39.5 Å². The summed E-state index contributed by atoms with van der Waals surface area (Å²) in [6.45, 7) is 4.94. The monoisotopic (exact) mass is 369 g/mol. The highest BCUT2D eigenvalue weighted by Crippen LogP contribution is 2.29. The van der Waals surface area contributed by atoms with Crippen molar-refractivity contribution in [3.05, 3.63) is 39.9 Å². The molecule has 0 atom stereocenters. The van der Waals surface area contributed by atoms with Gasteiger partial charge in [-0.05, 0) is 41.4 Å². The van der Waals surface area contributed by atoms with Crippen LogP contribution in [-0.2, 0) is 18.7 Å². The van der Waals surface area contributed by atoms with Gasteiger partial charge in [0.1, 0.15) is 5.69 Å². The third-order valence-corrected chi connectivity index (χ3v) is 4.94. The van der Waals surface area contributed by atoms with Crippen molar-refractivity contribution in [2.24, 2.45) is 0 Å². The summed E-state index contributed by atoms with van der Waals surface area (Å²) in [5.74, 6) is -0.282. The predicted molar refractivity (Wildman–Crippen MR) is 85.7 cm³/mol. The van der Waals surface area contributed by atoms with Crippen molar-refractivity contribution in [3.8, 4) is 0 Å². The van der Waals surface area contributed by atoms with Crippen LogP contribution >= 0.6 is 27.7 Å². The molecule has 1 N–H and O–H groups in total. The number of halogens is 1. The summed E-state index contributed by atoms with van der Waals surface area (Å²) < 4.78 is 3.03. The number of aryl methyl sites for hydroxylation is 2. The van der Waals surface area contributed by atoms with Crippen LogP contribution in [0.2, 0.25) is 0 Å². The van der Waals surface area contributed by atoms with E-state index < -0.39 is 5.97 Å². The quantitative estimate of drug-likeness (QED) is 0.787. The summed E-state index contributed by atoms with van der Waals surface area (Å²) in [6.07, 6.45) is 2.40. The molecule has 112 valence electrons. The van der Waals surface area contributed by atoms with Crippen LogP contribution in [0.4, 0.5) is 0 Å². The molecule has 0 saturated carbocycles. The van der Waals surface area contributed by atoms with E-state index in [1.165, 1.54) is 6.20 Å².